The fourth-order valence-electron chi connectivity index (χ4n) is 3.52. The molecule has 2 saturated heterocycles. The molecule has 1 atom stereocenters. The Kier molecular flexibility index (Phi) is 8.79. The van der Waals surface area contributed by atoms with Crippen LogP contribution in [0.25, 0.3) is 0 Å². The van der Waals surface area contributed by atoms with Gasteiger partial charge in [-0.2, -0.15) is 0 Å². The molecule has 1 N–H and O–H groups in total. The van der Waals surface area contributed by atoms with E-state index in [0.717, 1.165) is 31.8 Å². The maximum atomic E-state index is 12.1. The Hall–Kier alpha value is -1.61. The number of nitrogens with one attached hydrogen (secondary N) is 1. The largest absolute Gasteiger partial charge is 0.378 e. The second-order valence-corrected chi connectivity index (χ2v) is 8.48. The molecule has 1 aromatic rings. The van der Waals surface area contributed by atoms with Crippen molar-refractivity contribution in [2.24, 2.45) is 0 Å². The van der Waals surface area contributed by atoms with Crippen LogP contribution in [0.2, 0.25) is 0 Å². The highest BCUT2D eigenvalue weighted by Crippen LogP contribution is 2.12. The smallest absolute Gasteiger partial charge is 0.232 e. The van der Waals surface area contributed by atoms with Crippen molar-refractivity contribution in [3.63, 3.8) is 0 Å². The van der Waals surface area contributed by atoms with Gasteiger partial charge in [0.25, 0.3) is 0 Å². The van der Waals surface area contributed by atoms with E-state index in [9.17, 15) is 9.59 Å². The second-order valence-electron chi connectivity index (χ2n) is 7.50. The van der Waals surface area contributed by atoms with Crippen molar-refractivity contribution >= 4 is 23.6 Å². The van der Waals surface area contributed by atoms with Crippen molar-refractivity contribution < 1.29 is 19.1 Å². The van der Waals surface area contributed by atoms with E-state index < -0.39 is 0 Å². The van der Waals surface area contributed by atoms with Crippen LogP contribution in [0.5, 0.6) is 0 Å². The summed E-state index contributed by atoms with van der Waals surface area (Å²) in [7, 11) is 0. The Balaban J connectivity index is 1.35. The number of benzene rings is 1. The lowest BCUT2D eigenvalue weighted by Gasteiger charge is -2.31. The predicted molar refractivity (Wildman–Crippen MR) is 114 cm³/mol. The summed E-state index contributed by atoms with van der Waals surface area (Å²) >= 11 is 1.36. The van der Waals surface area contributed by atoms with E-state index >= 15 is 0 Å². The first-order valence-electron chi connectivity index (χ1n) is 10.2. The summed E-state index contributed by atoms with van der Waals surface area (Å²) in [6, 6.07) is 8.34. The lowest BCUT2D eigenvalue weighted by molar-refractivity contribution is -0.132. The van der Waals surface area contributed by atoms with E-state index in [-0.39, 0.29) is 17.9 Å². The minimum absolute atomic E-state index is 0.0443. The van der Waals surface area contributed by atoms with E-state index in [1.807, 2.05) is 12.1 Å². The molecule has 1 aromatic carbocycles. The topological polar surface area (TPSA) is 71.1 Å². The van der Waals surface area contributed by atoms with Crippen LogP contribution in [0.4, 0.5) is 0 Å². The monoisotopic (exact) mass is 421 g/mol. The molecule has 0 spiro atoms. The first kappa shape index (κ1) is 22.1. The molecule has 1 unspecified atom stereocenters. The highest BCUT2D eigenvalue weighted by Gasteiger charge is 2.18. The van der Waals surface area contributed by atoms with Crippen molar-refractivity contribution in [1.29, 1.82) is 0 Å². The number of rotatable bonds is 8. The fourth-order valence-corrected chi connectivity index (χ4v) is 4.26. The zero-order valence-electron chi connectivity index (χ0n) is 17.1. The number of nitrogens with zero attached hydrogens (tertiary/aromatic N) is 2. The van der Waals surface area contributed by atoms with Crippen molar-refractivity contribution in [1.82, 2.24) is 15.1 Å². The summed E-state index contributed by atoms with van der Waals surface area (Å²) in [4.78, 5) is 28.4. The quantitative estimate of drug-likeness (QED) is 0.678. The minimum Gasteiger partial charge on any atom is -0.378 e. The van der Waals surface area contributed by atoms with Crippen molar-refractivity contribution in [2.75, 3.05) is 57.5 Å². The zero-order chi connectivity index (χ0) is 20.5. The van der Waals surface area contributed by atoms with Crippen LogP contribution in [0.3, 0.4) is 0 Å². The van der Waals surface area contributed by atoms with Gasteiger partial charge in [-0.05, 0) is 18.1 Å². The molecule has 0 radical (unpaired) electrons. The SMILES string of the molecule is CC1CN(Cc2cccc(CNC(=O)CSCC(=O)N3CCOCC3)c2)CCO1. The molecule has 0 saturated carbocycles. The van der Waals surface area contributed by atoms with Crippen LogP contribution >= 0.6 is 11.8 Å². The van der Waals surface area contributed by atoms with Gasteiger partial charge in [0.2, 0.25) is 11.8 Å². The summed E-state index contributed by atoms with van der Waals surface area (Å²) in [5.41, 5.74) is 2.34. The third-order valence-electron chi connectivity index (χ3n) is 5.03. The molecule has 2 heterocycles. The number of hydrogen-bond acceptors (Lipinski definition) is 6. The lowest BCUT2D eigenvalue weighted by Crippen LogP contribution is -2.41. The molecule has 0 aliphatic carbocycles. The number of carbonyl (C=O) groups excluding carboxylic acids is 2. The van der Waals surface area contributed by atoms with E-state index in [2.05, 4.69) is 29.3 Å². The molecular weight excluding hydrogens is 390 g/mol. The van der Waals surface area contributed by atoms with Gasteiger partial charge in [-0.1, -0.05) is 24.3 Å². The molecule has 2 amide bonds. The fraction of sp³-hybridized carbons (Fsp3) is 0.619. The molecule has 3 rings (SSSR count). The van der Waals surface area contributed by atoms with Crippen LogP contribution < -0.4 is 5.32 Å². The maximum Gasteiger partial charge on any atom is 0.232 e. The zero-order valence-corrected chi connectivity index (χ0v) is 17.9. The Morgan fingerprint density at radius 1 is 1.14 bits per heavy atom. The maximum absolute atomic E-state index is 12.1. The van der Waals surface area contributed by atoms with E-state index in [1.165, 1.54) is 17.3 Å². The standard InChI is InChI=1S/C21H31N3O4S/c1-17-13-23(5-10-28-17)14-19-4-2-3-18(11-19)12-22-20(25)15-29-16-21(26)24-6-8-27-9-7-24/h2-4,11,17H,5-10,12-16H2,1H3,(H,22,25). The predicted octanol–water partition coefficient (Wildman–Crippen LogP) is 1.12. The minimum atomic E-state index is -0.0443. The molecule has 0 aromatic heterocycles. The first-order valence-corrected chi connectivity index (χ1v) is 11.4. The molecule has 2 fully saturated rings. The number of ether oxygens (including phenoxy) is 2. The summed E-state index contributed by atoms with van der Waals surface area (Å²) in [5.74, 6) is 0.663. The van der Waals surface area contributed by atoms with Crippen molar-refractivity contribution in [3.05, 3.63) is 35.4 Å². The Labute approximate surface area is 177 Å². The highest BCUT2D eigenvalue weighted by atomic mass is 32.2. The number of carbonyl (C=O) groups is 2. The van der Waals surface area contributed by atoms with E-state index in [1.54, 1.807) is 4.90 Å². The average Bonchev–Trinajstić information content (AvgIpc) is 2.73. The first-order chi connectivity index (χ1) is 14.1. The molecule has 2 aliphatic heterocycles. The molecule has 29 heavy (non-hydrogen) atoms. The van der Waals surface area contributed by atoms with Crippen molar-refractivity contribution in [2.45, 2.75) is 26.1 Å². The Morgan fingerprint density at radius 3 is 2.72 bits per heavy atom. The number of thioether (sulfide) groups is 1. The average molecular weight is 422 g/mol. The van der Waals surface area contributed by atoms with Crippen LogP contribution in [0, 0.1) is 0 Å². The van der Waals surface area contributed by atoms with E-state index in [0.29, 0.717) is 44.4 Å². The lowest BCUT2D eigenvalue weighted by atomic mass is 10.1. The number of morpholine rings is 2. The summed E-state index contributed by atoms with van der Waals surface area (Å²) in [6.45, 7) is 8.66. The number of hydrogen-bond donors (Lipinski definition) is 1. The van der Waals surface area contributed by atoms with Gasteiger partial charge >= 0.3 is 0 Å². The summed E-state index contributed by atoms with van der Waals surface area (Å²) in [5, 5.41) is 2.95. The van der Waals surface area contributed by atoms with Crippen LogP contribution in [0.15, 0.2) is 24.3 Å². The van der Waals surface area contributed by atoms with Gasteiger partial charge in [0, 0.05) is 39.3 Å². The van der Waals surface area contributed by atoms with Gasteiger partial charge < -0.3 is 19.7 Å². The Bertz CT molecular complexity index is 682. The van der Waals surface area contributed by atoms with E-state index in [4.69, 9.17) is 9.47 Å². The molecular formula is C21H31N3O4S. The van der Waals surface area contributed by atoms with Gasteiger partial charge in [-0.3, -0.25) is 14.5 Å². The summed E-state index contributed by atoms with van der Waals surface area (Å²) < 4.78 is 10.8. The summed E-state index contributed by atoms with van der Waals surface area (Å²) in [6.07, 6.45) is 0.277. The molecule has 8 heteroatoms. The normalized spacial score (nSPS) is 20.4. The van der Waals surface area contributed by atoms with Crippen LogP contribution in [-0.4, -0.2) is 85.2 Å². The molecule has 0 bridgehead atoms. The van der Waals surface area contributed by atoms with Crippen molar-refractivity contribution in [3.8, 4) is 0 Å². The molecule has 2 aliphatic rings. The van der Waals surface area contributed by atoms with Gasteiger partial charge in [0.05, 0.1) is 37.4 Å². The third kappa shape index (κ3) is 7.62. The van der Waals surface area contributed by atoms with Crippen LogP contribution in [0.1, 0.15) is 18.1 Å². The third-order valence-corrected chi connectivity index (χ3v) is 5.95. The Morgan fingerprint density at radius 2 is 1.93 bits per heavy atom. The van der Waals surface area contributed by atoms with Gasteiger partial charge in [-0.15, -0.1) is 11.8 Å². The van der Waals surface area contributed by atoms with Gasteiger partial charge in [0.1, 0.15) is 0 Å². The van der Waals surface area contributed by atoms with Crippen LogP contribution in [-0.2, 0) is 32.2 Å². The second kappa shape index (κ2) is 11.5. The molecule has 160 valence electrons. The number of amides is 2. The highest BCUT2D eigenvalue weighted by molar-refractivity contribution is 8.00. The van der Waals surface area contributed by atoms with Gasteiger partial charge in [-0.25, -0.2) is 0 Å². The van der Waals surface area contributed by atoms with Gasteiger partial charge in [0.15, 0.2) is 0 Å². The molecule has 7 nitrogen and oxygen atoms in total.